The molecule has 14 heavy (non-hydrogen) atoms. The first-order valence-corrected chi connectivity index (χ1v) is 5.21. The Morgan fingerprint density at radius 3 is 2.93 bits per heavy atom. The lowest BCUT2D eigenvalue weighted by Gasteiger charge is -2.26. The number of rotatable bonds is 1. The SMILES string of the molecule is CN[C@@H]1COCc2ccc(Cl)c(Cl)c21. The minimum absolute atomic E-state index is 0.143. The molecule has 1 aromatic rings. The van der Waals surface area contributed by atoms with Gasteiger partial charge in [0.2, 0.25) is 0 Å². The summed E-state index contributed by atoms with van der Waals surface area (Å²) >= 11 is 12.1. The number of hydrogen-bond acceptors (Lipinski definition) is 2. The van der Waals surface area contributed by atoms with E-state index in [1.165, 1.54) is 0 Å². The van der Waals surface area contributed by atoms with Crippen LogP contribution in [0.2, 0.25) is 10.0 Å². The van der Waals surface area contributed by atoms with E-state index >= 15 is 0 Å². The van der Waals surface area contributed by atoms with Gasteiger partial charge in [-0.15, -0.1) is 0 Å². The molecule has 0 aromatic heterocycles. The Labute approximate surface area is 93.2 Å². The second kappa shape index (κ2) is 4.07. The second-order valence-corrected chi connectivity index (χ2v) is 4.08. The van der Waals surface area contributed by atoms with Gasteiger partial charge < -0.3 is 10.1 Å². The van der Waals surface area contributed by atoms with Crippen LogP contribution in [0.1, 0.15) is 17.2 Å². The first-order chi connectivity index (χ1) is 6.74. The van der Waals surface area contributed by atoms with Gasteiger partial charge in [-0.2, -0.15) is 0 Å². The van der Waals surface area contributed by atoms with Crippen LogP contribution in [0.25, 0.3) is 0 Å². The van der Waals surface area contributed by atoms with E-state index in [4.69, 9.17) is 27.9 Å². The summed E-state index contributed by atoms with van der Waals surface area (Å²) in [7, 11) is 1.89. The molecule has 1 atom stereocenters. The summed E-state index contributed by atoms with van der Waals surface area (Å²) in [6.45, 7) is 1.26. The van der Waals surface area contributed by atoms with Crippen molar-refractivity contribution < 1.29 is 4.74 Å². The van der Waals surface area contributed by atoms with E-state index in [2.05, 4.69) is 5.32 Å². The molecule has 1 aromatic carbocycles. The van der Waals surface area contributed by atoms with Crippen molar-refractivity contribution in [2.75, 3.05) is 13.7 Å². The third-order valence-electron chi connectivity index (χ3n) is 2.46. The van der Waals surface area contributed by atoms with Crippen molar-refractivity contribution in [1.82, 2.24) is 5.32 Å². The number of benzene rings is 1. The quantitative estimate of drug-likeness (QED) is 0.803. The maximum atomic E-state index is 6.16. The average Bonchev–Trinajstić information content (AvgIpc) is 2.23. The molecule has 0 bridgehead atoms. The summed E-state index contributed by atoms with van der Waals surface area (Å²) in [6, 6.07) is 3.92. The molecule has 0 saturated heterocycles. The summed E-state index contributed by atoms with van der Waals surface area (Å²) in [5, 5.41) is 4.41. The topological polar surface area (TPSA) is 21.3 Å². The number of halogens is 2. The molecule has 1 aliphatic rings. The van der Waals surface area contributed by atoms with E-state index in [-0.39, 0.29) is 6.04 Å². The zero-order valence-corrected chi connectivity index (χ0v) is 9.32. The second-order valence-electron chi connectivity index (χ2n) is 3.29. The van der Waals surface area contributed by atoms with Crippen molar-refractivity contribution in [1.29, 1.82) is 0 Å². The molecule has 0 aliphatic carbocycles. The average molecular weight is 232 g/mol. The molecule has 0 amide bonds. The van der Waals surface area contributed by atoms with Gasteiger partial charge in [-0.1, -0.05) is 29.3 Å². The highest BCUT2D eigenvalue weighted by atomic mass is 35.5. The van der Waals surface area contributed by atoms with Crippen LogP contribution in [0.15, 0.2) is 12.1 Å². The summed E-state index contributed by atoms with van der Waals surface area (Å²) < 4.78 is 5.43. The van der Waals surface area contributed by atoms with Crippen LogP contribution in [-0.2, 0) is 11.3 Å². The van der Waals surface area contributed by atoms with Gasteiger partial charge in [-0.3, -0.25) is 0 Å². The predicted octanol–water partition coefficient (Wildman–Crippen LogP) is 2.78. The van der Waals surface area contributed by atoms with Crippen molar-refractivity contribution in [3.8, 4) is 0 Å². The molecule has 0 unspecified atom stereocenters. The van der Waals surface area contributed by atoms with Crippen LogP contribution < -0.4 is 5.32 Å². The molecular formula is C10H11Cl2NO. The van der Waals surface area contributed by atoms with Gasteiger partial charge in [-0.05, 0) is 24.2 Å². The smallest absolute Gasteiger partial charge is 0.0721 e. The van der Waals surface area contributed by atoms with Crippen molar-refractivity contribution in [2.24, 2.45) is 0 Å². The Bertz CT molecular complexity index is 354. The van der Waals surface area contributed by atoms with Gasteiger partial charge >= 0.3 is 0 Å². The lowest BCUT2D eigenvalue weighted by molar-refractivity contribution is 0.0845. The lowest BCUT2D eigenvalue weighted by Crippen LogP contribution is -2.27. The van der Waals surface area contributed by atoms with Gasteiger partial charge in [0, 0.05) is 0 Å². The highest BCUT2D eigenvalue weighted by Gasteiger charge is 2.23. The predicted molar refractivity (Wildman–Crippen MR) is 57.9 cm³/mol. The maximum Gasteiger partial charge on any atom is 0.0721 e. The van der Waals surface area contributed by atoms with Crippen LogP contribution in [-0.4, -0.2) is 13.7 Å². The van der Waals surface area contributed by atoms with Crippen molar-refractivity contribution in [3.63, 3.8) is 0 Å². The normalized spacial score (nSPS) is 20.6. The van der Waals surface area contributed by atoms with Gasteiger partial charge in [0.1, 0.15) is 0 Å². The van der Waals surface area contributed by atoms with Crippen LogP contribution in [0, 0.1) is 0 Å². The zero-order valence-electron chi connectivity index (χ0n) is 7.81. The van der Waals surface area contributed by atoms with E-state index in [9.17, 15) is 0 Å². The van der Waals surface area contributed by atoms with Gasteiger partial charge in [0.25, 0.3) is 0 Å². The molecule has 0 radical (unpaired) electrons. The van der Waals surface area contributed by atoms with Crippen molar-refractivity contribution in [3.05, 3.63) is 33.3 Å². The van der Waals surface area contributed by atoms with Crippen molar-refractivity contribution in [2.45, 2.75) is 12.6 Å². The van der Waals surface area contributed by atoms with E-state index in [0.29, 0.717) is 23.3 Å². The Morgan fingerprint density at radius 2 is 2.21 bits per heavy atom. The van der Waals surface area contributed by atoms with Crippen molar-refractivity contribution >= 4 is 23.2 Å². The number of fused-ring (bicyclic) bond motifs is 1. The van der Waals surface area contributed by atoms with Crippen LogP contribution in [0.3, 0.4) is 0 Å². The maximum absolute atomic E-state index is 6.16. The zero-order chi connectivity index (χ0) is 10.1. The molecular weight excluding hydrogens is 221 g/mol. The number of nitrogens with one attached hydrogen (secondary N) is 1. The monoisotopic (exact) mass is 231 g/mol. The molecule has 76 valence electrons. The molecule has 4 heteroatoms. The van der Waals surface area contributed by atoms with Gasteiger partial charge in [-0.25, -0.2) is 0 Å². The summed E-state index contributed by atoms with van der Waals surface area (Å²) in [5.41, 5.74) is 2.19. The molecule has 0 spiro atoms. The minimum Gasteiger partial charge on any atom is -0.375 e. The molecule has 1 N–H and O–H groups in total. The van der Waals surface area contributed by atoms with E-state index in [0.717, 1.165) is 11.1 Å². The standard InChI is InChI=1S/C10H11Cl2NO/c1-13-8-5-14-4-6-2-3-7(11)10(12)9(6)8/h2-3,8,13H,4-5H2,1H3/t8-/m1/s1. The highest BCUT2D eigenvalue weighted by molar-refractivity contribution is 6.42. The van der Waals surface area contributed by atoms with Crippen LogP contribution in [0.5, 0.6) is 0 Å². The molecule has 0 saturated carbocycles. The minimum atomic E-state index is 0.143. The summed E-state index contributed by atoms with van der Waals surface area (Å²) in [6.07, 6.45) is 0. The lowest BCUT2D eigenvalue weighted by atomic mass is 9.99. The third kappa shape index (κ3) is 1.63. The summed E-state index contributed by atoms with van der Waals surface area (Å²) in [4.78, 5) is 0. The number of likely N-dealkylation sites (N-methyl/N-ethyl adjacent to an activating group) is 1. The Balaban J connectivity index is 2.53. The highest BCUT2D eigenvalue weighted by Crippen LogP contribution is 2.35. The molecule has 2 rings (SSSR count). The first-order valence-electron chi connectivity index (χ1n) is 4.46. The van der Waals surface area contributed by atoms with E-state index in [1.54, 1.807) is 0 Å². The van der Waals surface area contributed by atoms with Gasteiger partial charge in [0.05, 0.1) is 29.3 Å². The van der Waals surface area contributed by atoms with E-state index in [1.807, 2.05) is 19.2 Å². The van der Waals surface area contributed by atoms with E-state index < -0.39 is 0 Å². The molecule has 2 nitrogen and oxygen atoms in total. The number of ether oxygens (including phenoxy) is 1. The fourth-order valence-electron chi connectivity index (χ4n) is 1.71. The largest absolute Gasteiger partial charge is 0.375 e. The summed E-state index contributed by atoms with van der Waals surface area (Å²) in [5.74, 6) is 0. The third-order valence-corrected chi connectivity index (χ3v) is 3.28. The Hall–Kier alpha value is -0.280. The van der Waals surface area contributed by atoms with Crippen LogP contribution >= 0.6 is 23.2 Å². The fraction of sp³-hybridized carbons (Fsp3) is 0.400. The Morgan fingerprint density at radius 1 is 1.43 bits per heavy atom. The molecule has 0 fully saturated rings. The van der Waals surface area contributed by atoms with Gasteiger partial charge in [0.15, 0.2) is 0 Å². The fourth-order valence-corrected chi connectivity index (χ4v) is 2.19. The molecule has 1 aliphatic heterocycles. The Kier molecular flexibility index (Phi) is 2.98. The first kappa shape index (κ1) is 10.2. The number of hydrogen-bond donors (Lipinski definition) is 1. The van der Waals surface area contributed by atoms with Crippen LogP contribution in [0.4, 0.5) is 0 Å². The molecule has 1 heterocycles.